The van der Waals surface area contributed by atoms with Crippen molar-refractivity contribution in [2.75, 3.05) is 13.7 Å². The minimum Gasteiger partial charge on any atom is -0.395 e. The second-order valence-electron chi connectivity index (χ2n) is 3.48. The molecule has 0 aromatic carbocycles. The number of piperidine rings is 1. The SMILES string of the molecule is CC1N(C)C(CO)CCC1(F)F. The summed E-state index contributed by atoms with van der Waals surface area (Å²) in [6.45, 7) is 1.47. The zero-order valence-electron chi connectivity index (χ0n) is 7.43. The molecule has 0 spiro atoms. The van der Waals surface area contributed by atoms with E-state index in [2.05, 4.69) is 0 Å². The maximum Gasteiger partial charge on any atom is 0.263 e. The van der Waals surface area contributed by atoms with Crippen molar-refractivity contribution < 1.29 is 13.9 Å². The first kappa shape index (κ1) is 9.86. The van der Waals surface area contributed by atoms with Gasteiger partial charge in [-0.2, -0.15) is 0 Å². The fourth-order valence-electron chi connectivity index (χ4n) is 1.61. The van der Waals surface area contributed by atoms with E-state index in [-0.39, 0.29) is 19.1 Å². The Balaban J connectivity index is 2.65. The Morgan fingerprint density at radius 2 is 2.17 bits per heavy atom. The van der Waals surface area contributed by atoms with E-state index in [0.29, 0.717) is 6.42 Å². The van der Waals surface area contributed by atoms with Crippen molar-refractivity contribution in [3.63, 3.8) is 0 Å². The molecule has 1 aliphatic heterocycles. The van der Waals surface area contributed by atoms with Gasteiger partial charge in [-0.25, -0.2) is 8.78 Å². The highest BCUT2D eigenvalue weighted by Gasteiger charge is 2.44. The molecule has 0 aromatic heterocycles. The van der Waals surface area contributed by atoms with Crippen LogP contribution in [0.2, 0.25) is 0 Å². The number of likely N-dealkylation sites (N-methyl/N-ethyl adjacent to an activating group) is 1. The standard InChI is InChI=1S/C8H15F2NO/c1-6-8(9,10)4-3-7(5-12)11(6)2/h6-7,12H,3-5H2,1-2H3. The zero-order valence-corrected chi connectivity index (χ0v) is 7.43. The van der Waals surface area contributed by atoms with Crippen molar-refractivity contribution in [3.05, 3.63) is 0 Å². The van der Waals surface area contributed by atoms with Crippen molar-refractivity contribution >= 4 is 0 Å². The number of likely N-dealkylation sites (tertiary alicyclic amines) is 1. The summed E-state index contributed by atoms with van der Waals surface area (Å²) < 4.78 is 26.1. The van der Waals surface area contributed by atoms with Gasteiger partial charge in [-0.1, -0.05) is 0 Å². The summed E-state index contributed by atoms with van der Waals surface area (Å²) in [7, 11) is 1.64. The molecule has 1 N–H and O–H groups in total. The maximum absolute atomic E-state index is 13.0. The molecule has 72 valence electrons. The summed E-state index contributed by atoms with van der Waals surface area (Å²) in [5.74, 6) is -2.60. The van der Waals surface area contributed by atoms with Crippen LogP contribution in [0.4, 0.5) is 8.78 Å². The highest BCUT2D eigenvalue weighted by atomic mass is 19.3. The van der Waals surface area contributed by atoms with Crippen LogP contribution in [0, 0.1) is 0 Å². The van der Waals surface area contributed by atoms with Gasteiger partial charge in [0.25, 0.3) is 5.92 Å². The highest BCUT2D eigenvalue weighted by molar-refractivity contribution is 4.90. The van der Waals surface area contributed by atoms with Gasteiger partial charge in [0.2, 0.25) is 0 Å². The van der Waals surface area contributed by atoms with Gasteiger partial charge in [0.15, 0.2) is 0 Å². The van der Waals surface area contributed by atoms with E-state index in [1.165, 1.54) is 6.92 Å². The molecule has 4 heteroatoms. The Morgan fingerprint density at radius 3 is 2.67 bits per heavy atom. The van der Waals surface area contributed by atoms with Gasteiger partial charge in [-0.3, -0.25) is 4.90 Å². The first-order chi connectivity index (χ1) is 5.49. The molecule has 0 saturated carbocycles. The van der Waals surface area contributed by atoms with Crippen molar-refractivity contribution in [1.82, 2.24) is 4.90 Å². The third kappa shape index (κ3) is 1.59. The van der Waals surface area contributed by atoms with Gasteiger partial charge in [0, 0.05) is 12.5 Å². The maximum atomic E-state index is 13.0. The quantitative estimate of drug-likeness (QED) is 0.651. The number of aliphatic hydroxyl groups is 1. The lowest BCUT2D eigenvalue weighted by atomic mass is 9.94. The van der Waals surface area contributed by atoms with Gasteiger partial charge in [0.05, 0.1) is 12.6 Å². The molecular formula is C8H15F2NO. The van der Waals surface area contributed by atoms with Crippen LogP contribution in [0.15, 0.2) is 0 Å². The van der Waals surface area contributed by atoms with Gasteiger partial charge >= 0.3 is 0 Å². The van der Waals surface area contributed by atoms with Crippen molar-refractivity contribution in [1.29, 1.82) is 0 Å². The lowest BCUT2D eigenvalue weighted by Crippen LogP contribution is -2.54. The first-order valence-corrected chi connectivity index (χ1v) is 4.19. The number of nitrogens with zero attached hydrogens (tertiary/aromatic N) is 1. The monoisotopic (exact) mass is 179 g/mol. The lowest BCUT2D eigenvalue weighted by molar-refractivity contribution is -0.122. The van der Waals surface area contributed by atoms with E-state index in [0.717, 1.165) is 0 Å². The van der Waals surface area contributed by atoms with Crippen LogP contribution in [-0.2, 0) is 0 Å². The summed E-state index contributed by atoms with van der Waals surface area (Å²) in [4.78, 5) is 1.56. The molecule has 1 fully saturated rings. The first-order valence-electron chi connectivity index (χ1n) is 4.19. The summed E-state index contributed by atoms with van der Waals surface area (Å²) in [6, 6.07) is -0.858. The van der Waals surface area contributed by atoms with Crippen LogP contribution in [0.1, 0.15) is 19.8 Å². The van der Waals surface area contributed by atoms with Crippen LogP contribution in [0.25, 0.3) is 0 Å². The van der Waals surface area contributed by atoms with Crippen LogP contribution < -0.4 is 0 Å². The number of alkyl halides is 2. The normalized spacial score (nSPS) is 36.8. The average Bonchev–Trinajstić information content (AvgIpc) is 2.01. The van der Waals surface area contributed by atoms with E-state index >= 15 is 0 Å². The molecule has 2 nitrogen and oxygen atoms in total. The number of aliphatic hydroxyl groups excluding tert-OH is 1. The van der Waals surface area contributed by atoms with Crippen LogP contribution in [0.5, 0.6) is 0 Å². The molecule has 1 saturated heterocycles. The van der Waals surface area contributed by atoms with E-state index < -0.39 is 12.0 Å². The van der Waals surface area contributed by atoms with Crippen molar-refractivity contribution in [2.24, 2.45) is 0 Å². The average molecular weight is 179 g/mol. The minimum atomic E-state index is -2.60. The molecule has 0 bridgehead atoms. The minimum absolute atomic E-state index is 0.0308. The molecule has 2 unspecified atom stereocenters. The molecule has 0 amide bonds. The summed E-state index contributed by atoms with van der Waals surface area (Å²) in [5, 5.41) is 8.86. The predicted molar refractivity (Wildman–Crippen MR) is 42.3 cm³/mol. The largest absolute Gasteiger partial charge is 0.395 e. The second-order valence-corrected chi connectivity index (χ2v) is 3.48. The van der Waals surface area contributed by atoms with Crippen LogP contribution in [0.3, 0.4) is 0 Å². The van der Waals surface area contributed by atoms with E-state index in [1.54, 1.807) is 11.9 Å². The topological polar surface area (TPSA) is 23.5 Å². The number of halogens is 2. The molecule has 12 heavy (non-hydrogen) atoms. The molecular weight excluding hydrogens is 164 g/mol. The summed E-state index contributed by atoms with van der Waals surface area (Å²) in [6.07, 6.45) is 0.272. The molecule has 1 heterocycles. The lowest BCUT2D eigenvalue weighted by Gasteiger charge is -2.41. The number of rotatable bonds is 1. The molecule has 1 rings (SSSR count). The van der Waals surface area contributed by atoms with Gasteiger partial charge in [0.1, 0.15) is 0 Å². The van der Waals surface area contributed by atoms with Crippen LogP contribution >= 0.6 is 0 Å². The van der Waals surface area contributed by atoms with E-state index in [1.807, 2.05) is 0 Å². The highest BCUT2D eigenvalue weighted by Crippen LogP contribution is 2.34. The zero-order chi connectivity index (χ0) is 9.35. The summed E-state index contributed by atoms with van der Waals surface area (Å²) in [5.41, 5.74) is 0. The second kappa shape index (κ2) is 3.26. The summed E-state index contributed by atoms with van der Waals surface area (Å²) >= 11 is 0. The number of hydrogen-bond donors (Lipinski definition) is 1. The fourth-order valence-corrected chi connectivity index (χ4v) is 1.61. The fraction of sp³-hybridized carbons (Fsp3) is 1.00. The van der Waals surface area contributed by atoms with E-state index in [4.69, 9.17) is 5.11 Å². The molecule has 2 atom stereocenters. The Hall–Kier alpha value is -0.220. The van der Waals surface area contributed by atoms with E-state index in [9.17, 15) is 8.78 Å². The smallest absolute Gasteiger partial charge is 0.263 e. The molecule has 0 aliphatic carbocycles. The Bertz CT molecular complexity index is 163. The Morgan fingerprint density at radius 1 is 1.58 bits per heavy atom. The molecule has 0 aromatic rings. The Labute approximate surface area is 71.2 Å². The molecule has 1 aliphatic rings. The number of hydrogen-bond acceptors (Lipinski definition) is 2. The molecule has 0 radical (unpaired) electrons. The van der Waals surface area contributed by atoms with Gasteiger partial charge in [-0.15, -0.1) is 0 Å². The predicted octanol–water partition coefficient (Wildman–Crippen LogP) is 1.10. The van der Waals surface area contributed by atoms with Crippen LogP contribution in [-0.4, -0.2) is 41.7 Å². The van der Waals surface area contributed by atoms with Gasteiger partial charge < -0.3 is 5.11 Å². The van der Waals surface area contributed by atoms with Crippen molar-refractivity contribution in [2.45, 2.75) is 37.8 Å². The van der Waals surface area contributed by atoms with Gasteiger partial charge in [-0.05, 0) is 20.4 Å². The third-order valence-electron chi connectivity index (χ3n) is 2.82. The Kier molecular flexibility index (Phi) is 2.68. The van der Waals surface area contributed by atoms with Crippen molar-refractivity contribution in [3.8, 4) is 0 Å². The third-order valence-corrected chi connectivity index (χ3v) is 2.82.